The highest BCUT2D eigenvalue weighted by Crippen LogP contribution is 2.45. The zero-order chi connectivity index (χ0) is 27.7. The second-order valence-corrected chi connectivity index (χ2v) is 9.81. The fourth-order valence-corrected chi connectivity index (χ4v) is 5.54. The highest BCUT2D eigenvalue weighted by Gasteiger charge is 2.42. The Morgan fingerprint density at radius 3 is 2.51 bits per heavy atom. The Balaban J connectivity index is 1.64. The maximum Gasteiger partial charge on any atom is 0.224 e. The monoisotopic (exact) mass is 543 g/mol. The van der Waals surface area contributed by atoms with E-state index in [1.165, 1.54) is 12.1 Å². The number of halogens is 1. The first-order chi connectivity index (χ1) is 18.8. The number of hydrogen-bond acceptors (Lipinski definition) is 4. The summed E-state index contributed by atoms with van der Waals surface area (Å²) >= 11 is 5.90. The molecule has 1 aliphatic heterocycles. The molecule has 39 heavy (non-hydrogen) atoms. The number of nitrogens with zero attached hydrogens (tertiary/aromatic N) is 3. The largest absolute Gasteiger partial charge is 0.494 e. The van der Waals surface area contributed by atoms with Gasteiger partial charge in [-0.15, -0.1) is 0 Å². The lowest BCUT2D eigenvalue weighted by Gasteiger charge is -2.29. The van der Waals surface area contributed by atoms with Crippen LogP contribution in [-0.4, -0.2) is 27.7 Å². The molecule has 0 saturated carbocycles. The zero-order valence-corrected chi connectivity index (χ0v) is 23.1. The van der Waals surface area contributed by atoms with Crippen molar-refractivity contribution < 1.29 is 13.9 Å². The Hall–Kier alpha value is -4.24. The minimum atomic E-state index is -0.277. The summed E-state index contributed by atoms with van der Waals surface area (Å²) in [5.74, 6) is 0.162. The van der Waals surface area contributed by atoms with Crippen LogP contribution >= 0.6 is 12.2 Å². The number of methoxy groups -OCH3 is 1. The van der Waals surface area contributed by atoms with Crippen LogP contribution in [0.15, 0.2) is 72.9 Å². The number of rotatable bonds is 7. The fourth-order valence-electron chi connectivity index (χ4n) is 5.20. The van der Waals surface area contributed by atoms with Crippen LogP contribution in [0.25, 0.3) is 5.69 Å². The van der Waals surface area contributed by atoms with Crippen LogP contribution < -0.4 is 20.3 Å². The first-order valence-electron chi connectivity index (χ1n) is 12.8. The summed E-state index contributed by atoms with van der Waals surface area (Å²) in [4.78, 5) is 18.8. The standard InChI is InChI=1S/C30H30FN5O2S/c1-5-27(37)33-24-14-13-22(17-26(24)38-4)36-29(28(34-30(36)39)25-8-6-7-15-32-25)23-16-18(2)35(19(23)3)21-11-9-20(31)10-12-21/h6-17,28-29H,5H2,1-4H3,(H,33,37)(H,34,39)/t28-,29+/m0/s1. The summed E-state index contributed by atoms with van der Waals surface area (Å²) in [5.41, 5.74) is 6.24. The molecule has 9 heteroatoms. The van der Waals surface area contributed by atoms with E-state index in [1.807, 2.05) is 43.3 Å². The van der Waals surface area contributed by atoms with E-state index in [9.17, 15) is 9.18 Å². The van der Waals surface area contributed by atoms with Crippen molar-refractivity contribution in [3.63, 3.8) is 0 Å². The molecule has 0 unspecified atom stereocenters. The predicted octanol–water partition coefficient (Wildman–Crippen LogP) is 6.16. The van der Waals surface area contributed by atoms with Crippen molar-refractivity contribution in [3.8, 4) is 11.4 Å². The lowest BCUT2D eigenvalue weighted by Crippen LogP contribution is -2.29. The Morgan fingerprint density at radius 2 is 1.85 bits per heavy atom. The molecule has 1 aliphatic rings. The summed E-state index contributed by atoms with van der Waals surface area (Å²) in [6, 6.07) is 19.6. The van der Waals surface area contributed by atoms with Gasteiger partial charge in [0.2, 0.25) is 5.91 Å². The number of aryl methyl sites for hydroxylation is 1. The minimum Gasteiger partial charge on any atom is -0.494 e. The van der Waals surface area contributed by atoms with Gasteiger partial charge in [-0.2, -0.15) is 0 Å². The highest BCUT2D eigenvalue weighted by atomic mass is 32.1. The Kier molecular flexibility index (Phi) is 7.34. The molecular formula is C30H30FN5O2S. The van der Waals surface area contributed by atoms with Crippen molar-refractivity contribution in [2.75, 3.05) is 17.3 Å². The van der Waals surface area contributed by atoms with Gasteiger partial charge in [-0.3, -0.25) is 9.78 Å². The van der Waals surface area contributed by atoms with E-state index in [0.29, 0.717) is 23.0 Å². The van der Waals surface area contributed by atoms with Crippen LogP contribution in [-0.2, 0) is 4.79 Å². The molecule has 0 spiro atoms. The predicted molar refractivity (Wildman–Crippen MR) is 155 cm³/mol. The van der Waals surface area contributed by atoms with Gasteiger partial charge in [0.1, 0.15) is 11.6 Å². The summed E-state index contributed by atoms with van der Waals surface area (Å²) in [6.45, 7) is 5.90. The van der Waals surface area contributed by atoms with Gasteiger partial charge in [0, 0.05) is 41.4 Å². The Labute approximate surface area is 232 Å². The summed E-state index contributed by atoms with van der Waals surface area (Å²) in [5, 5.41) is 6.93. The average molecular weight is 544 g/mol. The fraction of sp³-hybridized carbons (Fsp3) is 0.233. The van der Waals surface area contributed by atoms with Crippen molar-refractivity contribution in [3.05, 3.63) is 101 Å². The number of carbonyl (C=O) groups is 1. The van der Waals surface area contributed by atoms with Crippen molar-refractivity contribution >= 4 is 34.6 Å². The molecule has 200 valence electrons. The zero-order valence-electron chi connectivity index (χ0n) is 22.2. The van der Waals surface area contributed by atoms with Crippen molar-refractivity contribution in [1.29, 1.82) is 0 Å². The van der Waals surface area contributed by atoms with Gasteiger partial charge in [-0.25, -0.2) is 4.39 Å². The molecule has 1 fully saturated rings. The maximum atomic E-state index is 13.7. The second-order valence-electron chi connectivity index (χ2n) is 9.42. The van der Waals surface area contributed by atoms with Gasteiger partial charge in [0.15, 0.2) is 5.11 Å². The van der Waals surface area contributed by atoms with Crippen LogP contribution in [0.3, 0.4) is 0 Å². The van der Waals surface area contributed by atoms with Crippen molar-refractivity contribution in [2.45, 2.75) is 39.3 Å². The smallest absolute Gasteiger partial charge is 0.224 e. The normalized spacial score (nSPS) is 16.7. The number of ether oxygens (including phenoxy) is 1. The molecule has 2 aromatic carbocycles. The van der Waals surface area contributed by atoms with E-state index in [2.05, 4.69) is 38.1 Å². The first kappa shape index (κ1) is 26.4. The van der Waals surface area contributed by atoms with Crippen LogP contribution in [0.5, 0.6) is 5.75 Å². The van der Waals surface area contributed by atoms with Crippen molar-refractivity contribution in [1.82, 2.24) is 14.9 Å². The molecule has 1 saturated heterocycles. The number of thiocarbonyl (C=S) groups is 1. The third-order valence-electron chi connectivity index (χ3n) is 7.03. The molecule has 0 bridgehead atoms. The van der Waals surface area contributed by atoms with Crippen LogP contribution in [0.2, 0.25) is 0 Å². The molecule has 7 nitrogen and oxygen atoms in total. The number of benzene rings is 2. The van der Waals surface area contributed by atoms with Gasteiger partial charge in [0.05, 0.1) is 30.6 Å². The molecular weight excluding hydrogens is 513 g/mol. The number of hydrogen-bond donors (Lipinski definition) is 2. The van der Waals surface area contributed by atoms with E-state index in [-0.39, 0.29) is 23.8 Å². The molecule has 0 aliphatic carbocycles. The molecule has 1 amide bonds. The van der Waals surface area contributed by atoms with Gasteiger partial charge in [0.25, 0.3) is 0 Å². The summed E-state index contributed by atoms with van der Waals surface area (Å²) in [6.07, 6.45) is 2.14. The van der Waals surface area contributed by atoms with Crippen LogP contribution in [0, 0.1) is 19.7 Å². The summed E-state index contributed by atoms with van der Waals surface area (Å²) < 4.78 is 21.4. The van der Waals surface area contributed by atoms with E-state index >= 15 is 0 Å². The average Bonchev–Trinajstić information content (AvgIpc) is 3.44. The number of amides is 1. The third kappa shape index (κ3) is 4.97. The lowest BCUT2D eigenvalue weighted by atomic mass is 9.96. The highest BCUT2D eigenvalue weighted by molar-refractivity contribution is 7.80. The quantitative estimate of drug-likeness (QED) is 0.272. The van der Waals surface area contributed by atoms with Gasteiger partial charge < -0.3 is 24.8 Å². The minimum absolute atomic E-state index is 0.0965. The van der Waals surface area contributed by atoms with Gasteiger partial charge in [-0.1, -0.05) is 13.0 Å². The SMILES string of the molecule is CCC(=O)Nc1ccc(N2C(=S)N[C@@H](c3ccccn3)[C@H]2c2cc(C)n(-c3ccc(F)cc3)c2C)cc1OC. The van der Waals surface area contributed by atoms with Gasteiger partial charge in [-0.05, 0) is 86.2 Å². The molecule has 2 N–H and O–H groups in total. The Morgan fingerprint density at radius 1 is 1.10 bits per heavy atom. The molecule has 4 aromatic rings. The molecule has 0 radical (unpaired) electrons. The maximum absolute atomic E-state index is 13.7. The number of nitrogens with one attached hydrogen (secondary N) is 2. The van der Waals surface area contributed by atoms with E-state index in [4.69, 9.17) is 17.0 Å². The van der Waals surface area contributed by atoms with E-state index < -0.39 is 0 Å². The molecule has 2 atom stereocenters. The van der Waals surface area contributed by atoms with Crippen LogP contribution in [0.4, 0.5) is 15.8 Å². The first-order valence-corrected chi connectivity index (χ1v) is 13.2. The van der Waals surface area contributed by atoms with Crippen LogP contribution in [0.1, 0.15) is 48.1 Å². The number of pyridine rings is 1. The van der Waals surface area contributed by atoms with Crippen molar-refractivity contribution in [2.24, 2.45) is 0 Å². The second kappa shape index (κ2) is 10.9. The molecule has 5 rings (SSSR count). The van der Waals surface area contributed by atoms with E-state index in [1.54, 1.807) is 32.4 Å². The number of carbonyl (C=O) groups excluding carboxylic acids is 1. The van der Waals surface area contributed by atoms with E-state index in [0.717, 1.165) is 34.0 Å². The molecule has 2 aromatic heterocycles. The topological polar surface area (TPSA) is 71.4 Å². The molecule has 3 heterocycles. The summed E-state index contributed by atoms with van der Waals surface area (Å²) in [7, 11) is 1.58. The number of aromatic nitrogens is 2. The van der Waals surface area contributed by atoms with Gasteiger partial charge >= 0.3 is 0 Å². The lowest BCUT2D eigenvalue weighted by molar-refractivity contribution is -0.115. The third-order valence-corrected chi connectivity index (χ3v) is 7.34. The number of anilines is 2. The Bertz CT molecular complexity index is 1520.